The summed E-state index contributed by atoms with van der Waals surface area (Å²) in [5.74, 6) is -0.438. The summed E-state index contributed by atoms with van der Waals surface area (Å²) in [4.78, 5) is 40.9. The van der Waals surface area contributed by atoms with Crippen molar-refractivity contribution < 1.29 is 14.3 Å². The predicted molar refractivity (Wildman–Crippen MR) is 151 cm³/mol. The lowest BCUT2D eigenvalue weighted by Gasteiger charge is -2.30. The zero-order valence-electron chi connectivity index (χ0n) is 22.3. The van der Waals surface area contributed by atoms with Gasteiger partial charge in [-0.25, -0.2) is 9.98 Å². The van der Waals surface area contributed by atoms with Gasteiger partial charge in [0, 0.05) is 23.8 Å². The first-order valence-corrected chi connectivity index (χ1v) is 12.7. The van der Waals surface area contributed by atoms with Gasteiger partial charge < -0.3 is 19.8 Å². The monoisotopic (exact) mass is 570 g/mol. The molecule has 0 bridgehead atoms. The number of carbonyl (C=O) groups excluding carboxylic acids is 1. The van der Waals surface area contributed by atoms with Crippen molar-refractivity contribution in [3.8, 4) is 11.9 Å². The van der Waals surface area contributed by atoms with Gasteiger partial charge in [-0.15, -0.1) is 0 Å². The van der Waals surface area contributed by atoms with Crippen LogP contribution in [0.1, 0.15) is 31.0 Å². The van der Waals surface area contributed by atoms with E-state index in [9.17, 15) is 9.59 Å². The van der Waals surface area contributed by atoms with Crippen molar-refractivity contribution >= 4 is 46.2 Å². The van der Waals surface area contributed by atoms with E-state index in [2.05, 4.69) is 9.97 Å². The Kier molecular flexibility index (Phi) is 7.99. The third kappa shape index (κ3) is 5.22. The minimum absolute atomic E-state index is 0.0140. The Hall–Kier alpha value is -3.89. The van der Waals surface area contributed by atoms with E-state index in [-0.39, 0.29) is 34.1 Å². The zero-order chi connectivity index (χ0) is 28.6. The fourth-order valence-electron chi connectivity index (χ4n) is 4.51. The van der Waals surface area contributed by atoms with Gasteiger partial charge in [0.25, 0.3) is 11.5 Å². The number of ether oxygens (including phenoxy) is 2. The van der Waals surface area contributed by atoms with E-state index in [0.29, 0.717) is 27.7 Å². The molecule has 2 aromatic heterocycles. The Morgan fingerprint density at radius 1 is 1.15 bits per heavy atom. The summed E-state index contributed by atoms with van der Waals surface area (Å²) in [5.41, 5.74) is 9.59. The highest BCUT2D eigenvalue weighted by Crippen LogP contribution is 2.44. The number of aliphatic imine (C=N–C) groups is 1. The number of hydrogen-bond donors (Lipinski definition) is 1. The van der Waals surface area contributed by atoms with Crippen molar-refractivity contribution in [2.75, 3.05) is 19.1 Å². The predicted octanol–water partition coefficient (Wildman–Crippen LogP) is 4.54. The molecule has 3 heterocycles. The third-order valence-electron chi connectivity index (χ3n) is 6.35. The fraction of sp³-hybridized carbons (Fsp3) is 0.296. The number of amides is 1. The lowest BCUT2D eigenvalue weighted by atomic mass is 9.88. The number of pyridine rings is 1. The Morgan fingerprint density at radius 2 is 1.87 bits per heavy atom. The molecule has 4 rings (SSSR count). The van der Waals surface area contributed by atoms with E-state index >= 15 is 0 Å². The average molecular weight is 571 g/mol. The lowest BCUT2D eigenvalue weighted by Crippen LogP contribution is -2.33. The molecule has 0 saturated carbocycles. The minimum Gasteiger partial charge on any atom is -0.479 e. The van der Waals surface area contributed by atoms with E-state index in [0.717, 1.165) is 11.1 Å². The summed E-state index contributed by atoms with van der Waals surface area (Å²) in [6.07, 6.45) is 3.03. The van der Waals surface area contributed by atoms with Crippen molar-refractivity contribution in [1.29, 1.82) is 0 Å². The summed E-state index contributed by atoms with van der Waals surface area (Å²) < 4.78 is 11.9. The molecule has 1 atom stereocenters. The topological polar surface area (TPSA) is 125 Å². The number of rotatable bonds is 7. The van der Waals surface area contributed by atoms with Gasteiger partial charge in [-0.2, -0.15) is 4.98 Å². The Labute approximate surface area is 235 Å². The number of halogens is 2. The smallest absolute Gasteiger partial charge is 0.319 e. The Bertz CT molecular complexity index is 1550. The molecular weight excluding hydrogens is 543 g/mol. The second-order valence-corrected chi connectivity index (χ2v) is 10.1. The normalized spacial score (nSPS) is 15.9. The van der Waals surface area contributed by atoms with Gasteiger partial charge >= 0.3 is 6.01 Å². The van der Waals surface area contributed by atoms with Crippen LogP contribution in [0.4, 0.5) is 11.4 Å². The molecule has 0 aliphatic carbocycles. The summed E-state index contributed by atoms with van der Waals surface area (Å²) in [7, 11) is 4.48. The second-order valence-electron chi connectivity index (χ2n) is 9.27. The van der Waals surface area contributed by atoms with E-state index in [1.165, 1.54) is 35.9 Å². The lowest BCUT2D eigenvalue weighted by molar-refractivity contribution is -0.114. The first-order chi connectivity index (χ1) is 18.5. The van der Waals surface area contributed by atoms with Gasteiger partial charge in [0.2, 0.25) is 5.88 Å². The summed E-state index contributed by atoms with van der Waals surface area (Å²) in [5, 5.41) is 0.521. The number of hydrogen-bond acceptors (Lipinski definition) is 8. The molecule has 1 aliphatic rings. The number of nitrogens with two attached hydrogens (primary N) is 1. The molecule has 204 valence electrons. The molecule has 2 N–H and O–H groups in total. The maximum Gasteiger partial charge on any atom is 0.319 e. The molecular formula is C27H28Cl2N6O4. The van der Waals surface area contributed by atoms with Crippen LogP contribution in [0.5, 0.6) is 11.9 Å². The van der Waals surface area contributed by atoms with Crippen LogP contribution in [0.15, 0.2) is 57.7 Å². The molecule has 0 fully saturated rings. The second kappa shape index (κ2) is 11.1. The molecule has 3 aromatic rings. The maximum absolute atomic E-state index is 13.8. The first-order valence-electron chi connectivity index (χ1n) is 12.0. The number of anilines is 1. The summed E-state index contributed by atoms with van der Waals surface area (Å²) >= 11 is 12.5. The standard InChI is InChI=1S/C27H28Cl2N6O4/c1-13(2)22(32-19-11-31-27(39-6)33-24(19)38-5)20-21(30)26(37)35(16-10-18(29)25(36)34(4)12-16)23(20)17-8-7-15(28)9-14(17)3/h7-13,23H,30H2,1-6H3. The van der Waals surface area contributed by atoms with Gasteiger partial charge in [-0.05, 0) is 42.2 Å². The molecule has 1 aliphatic heterocycles. The van der Waals surface area contributed by atoms with Crippen LogP contribution in [0.2, 0.25) is 10.0 Å². The van der Waals surface area contributed by atoms with Crippen LogP contribution in [-0.4, -0.2) is 40.4 Å². The number of aromatic nitrogens is 3. The van der Waals surface area contributed by atoms with Crippen molar-refractivity contribution in [2.24, 2.45) is 23.7 Å². The van der Waals surface area contributed by atoms with Gasteiger partial charge in [0.1, 0.15) is 16.4 Å². The summed E-state index contributed by atoms with van der Waals surface area (Å²) in [6, 6.07) is 6.29. The first kappa shape index (κ1) is 28.1. The highest BCUT2D eigenvalue weighted by Gasteiger charge is 2.43. The van der Waals surface area contributed by atoms with E-state index in [1.54, 1.807) is 19.3 Å². The van der Waals surface area contributed by atoms with Crippen LogP contribution in [-0.2, 0) is 11.8 Å². The average Bonchev–Trinajstić information content (AvgIpc) is 3.15. The van der Waals surface area contributed by atoms with E-state index in [4.69, 9.17) is 43.4 Å². The summed E-state index contributed by atoms with van der Waals surface area (Å²) in [6.45, 7) is 5.78. The minimum atomic E-state index is -0.699. The van der Waals surface area contributed by atoms with E-state index in [1.807, 2.05) is 32.9 Å². The molecule has 0 radical (unpaired) electrons. The number of aryl methyl sites for hydroxylation is 2. The molecule has 1 unspecified atom stereocenters. The van der Waals surface area contributed by atoms with Crippen LogP contribution in [0.25, 0.3) is 0 Å². The van der Waals surface area contributed by atoms with Gasteiger partial charge in [0.15, 0.2) is 0 Å². The quantitative estimate of drug-likeness (QED) is 0.413. The fourth-order valence-corrected chi connectivity index (χ4v) is 4.98. The SMILES string of the molecule is COc1ncc(N=C(C2=C(N)C(=O)N(c3cc(Cl)c(=O)n(C)c3)C2c2ccc(Cl)cc2C)C(C)C)c(OC)n1. The molecule has 0 spiro atoms. The number of nitrogens with zero attached hydrogens (tertiary/aromatic N) is 5. The van der Waals surface area contributed by atoms with Crippen molar-refractivity contribution in [1.82, 2.24) is 14.5 Å². The molecule has 0 saturated heterocycles. The van der Waals surface area contributed by atoms with Crippen molar-refractivity contribution in [3.05, 3.63) is 79.5 Å². The largest absolute Gasteiger partial charge is 0.479 e. The van der Waals surface area contributed by atoms with Crippen LogP contribution in [0.3, 0.4) is 0 Å². The molecule has 10 nitrogen and oxygen atoms in total. The van der Waals surface area contributed by atoms with Crippen molar-refractivity contribution in [3.63, 3.8) is 0 Å². The van der Waals surface area contributed by atoms with E-state index < -0.39 is 11.9 Å². The molecule has 39 heavy (non-hydrogen) atoms. The zero-order valence-corrected chi connectivity index (χ0v) is 23.8. The molecule has 12 heteroatoms. The van der Waals surface area contributed by atoms with Crippen LogP contribution >= 0.6 is 23.2 Å². The van der Waals surface area contributed by atoms with Gasteiger partial charge in [0.05, 0.1) is 37.9 Å². The highest BCUT2D eigenvalue weighted by molar-refractivity contribution is 6.31. The van der Waals surface area contributed by atoms with Gasteiger partial charge in [-0.1, -0.05) is 43.1 Å². The number of benzene rings is 1. The third-order valence-corrected chi connectivity index (χ3v) is 6.86. The van der Waals surface area contributed by atoms with Crippen molar-refractivity contribution in [2.45, 2.75) is 26.8 Å². The van der Waals surface area contributed by atoms with Crippen LogP contribution < -0.4 is 25.7 Å². The maximum atomic E-state index is 13.8. The van der Waals surface area contributed by atoms with Gasteiger partial charge in [-0.3, -0.25) is 14.5 Å². The molecule has 1 amide bonds. The molecule has 1 aromatic carbocycles. The van der Waals surface area contributed by atoms with Crippen LogP contribution in [0, 0.1) is 12.8 Å². The Balaban J connectivity index is 2.00. The number of methoxy groups -OCH3 is 2. The highest BCUT2D eigenvalue weighted by atomic mass is 35.5. The number of carbonyl (C=O) groups is 1. The Morgan fingerprint density at radius 3 is 2.46 bits per heavy atom.